The van der Waals surface area contributed by atoms with Gasteiger partial charge in [0.2, 0.25) is 28.2 Å². The normalized spacial score (nSPS) is 21.4. The van der Waals surface area contributed by atoms with Crippen molar-refractivity contribution in [1.82, 2.24) is 24.5 Å². The first-order valence-corrected chi connectivity index (χ1v) is 24.8. The fraction of sp³-hybridized carbons (Fsp3) is 0.733. The minimum Gasteiger partial charge on any atom is -0.372 e. The number of fused-ring (bicyclic) bond motifs is 1. The second kappa shape index (κ2) is 23.8. The predicted molar refractivity (Wildman–Crippen MR) is 246 cm³/mol. The second-order valence-electron chi connectivity index (χ2n) is 18.2. The highest BCUT2D eigenvalue weighted by molar-refractivity contribution is 8.03. The quantitative estimate of drug-likeness (QED) is 0.0772. The zero-order valence-corrected chi connectivity index (χ0v) is 39.6. The number of rotatable bonds is 17. The number of carbonyl (C=O) groups excluding carboxylic acids is 3. The smallest absolute Gasteiger partial charge is 0.326 e. The van der Waals surface area contributed by atoms with Gasteiger partial charge in [-0.25, -0.2) is 13.2 Å². The standard InChI is InChI=1S/C33H50N4O4S2.C7H14N2O.C4H10.CH3NO/c1-6-23-20-25(23)30(38)36-43(40,41)33(18-19-33)17-12-10-8-7-9-11-16-27-28(21(2)3)34-31(42-27)24-14-13-15-26-29(24)35-32(39)37(26)22(4)5;1-6-3-2-4-9(6)7(10)5-8;1-4(2)3;2-1-3/h13-15,21-23,25,31,34H,6-12,16-20H2,1-5H3,(H,35,39)(H,36,38);6H,2-5,8H2,1H3;4H,1-3H3;1H,(H2,2,3)/t23?,25-,31?;;;/m0.../s1. The molecule has 1 aromatic carbocycles. The topological polar surface area (TPSA) is 202 Å². The summed E-state index contributed by atoms with van der Waals surface area (Å²) in [4.78, 5) is 51.0. The third-order valence-electron chi connectivity index (χ3n) is 11.7. The van der Waals surface area contributed by atoms with Crippen LogP contribution in [0.3, 0.4) is 0 Å². The lowest BCUT2D eigenvalue weighted by molar-refractivity contribution is -0.130. The van der Waals surface area contributed by atoms with E-state index >= 15 is 0 Å². The molecule has 6 rings (SSSR count). The van der Waals surface area contributed by atoms with Gasteiger partial charge in [-0.1, -0.05) is 104 Å². The van der Waals surface area contributed by atoms with Gasteiger partial charge in [0.1, 0.15) is 5.37 Å². The summed E-state index contributed by atoms with van der Waals surface area (Å²) in [5.74, 6) is 1.29. The van der Waals surface area contributed by atoms with E-state index in [0.717, 1.165) is 99.7 Å². The Morgan fingerprint density at radius 2 is 1.65 bits per heavy atom. The predicted octanol–water partition coefficient (Wildman–Crippen LogP) is 7.98. The van der Waals surface area contributed by atoms with Crippen LogP contribution >= 0.6 is 11.8 Å². The molecule has 60 heavy (non-hydrogen) atoms. The van der Waals surface area contributed by atoms with Crippen molar-refractivity contribution in [2.24, 2.45) is 35.1 Å². The van der Waals surface area contributed by atoms with E-state index in [1.807, 2.05) is 47.2 Å². The van der Waals surface area contributed by atoms with Crippen LogP contribution in [0.15, 0.2) is 33.6 Å². The molecule has 4 atom stereocenters. The second-order valence-corrected chi connectivity index (χ2v) is 21.5. The lowest BCUT2D eigenvalue weighted by Crippen LogP contribution is -2.40. The van der Waals surface area contributed by atoms with Gasteiger partial charge in [-0.15, -0.1) is 0 Å². The number of carbonyl (C=O) groups is 3. The zero-order chi connectivity index (χ0) is 44.8. The third-order valence-corrected chi connectivity index (χ3v) is 15.3. The number of primary amides is 1. The van der Waals surface area contributed by atoms with Gasteiger partial charge in [0.05, 0.1) is 22.3 Å². The van der Waals surface area contributed by atoms with E-state index in [1.54, 1.807) is 0 Å². The Labute approximate surface area is 364 Å². The van der Waals surface area contributed by atoms with E-state index < -0.39 is 14.8 Å². The van der Waals surface area contributed by atoms with Crippen LogP contribution in [0.2, 0.25) is 0 Å². The van der Waals surface area contributed by atoms with Gasteiger partial charge in [0.25, 0.3) is 0 Å². The Hall–Kier alpha value is -3.30. The summed E-state index contributed by atoms with van der Waals surface area (Å²) in [7, 11) is -3.58. The molecular weight excluding hydrogens is 799 g/mol. The molecule has 0 bridgehead atoms. The molecule has 0 radical (unpaired) electrons. The molecule has 2 saturated carbocycles. The van der Waals surface area contributed by atoms with Crippen molar-refractivity contribution in [3.63, 3.8) is 0 Å². The van der Waals surface area contributed by atoms with Gasteiger partial charge < -0.3 is 26.7 Å². The first-order valence-electron chi connectivity index (χ1n) is 22.5. The van der Waals surface area contributed by atoms with Crippen LogP contribution in [-0.4, -0.2) is 65.0 Å². The first kappa shape index (κ1) is 51.1. The number of H-pyrrole nitrogens is 1. The molecule has 0 spiro atoms. The summed E-state index contributed by atoms with van der Waals surface area (Å²) in [6, 6.07) is 6.69. The molecule has 3 fully saturated rings. The number of nitrogens with zero attached hydrogens (tertiary/aromatic N) is 2. The molecule has 7 N–H and O–H groups in total. The Bertz CT molecular complexity index is 1900. The minimum atomic E-state index is -3.58. The number of hydrogen-bond acceptors (Lipinski definition) is 9. The van der Waals surface area contributed by atoms with Crippen LogP contribution in [0, 0.1) is 23.7 Å². The molecule has 1 saturated heterocycles. The maximum Gasteiger partial charge on any atom is 0.326 e. The summed E-state index contributed by atoms with van der Waals surface area (Å²) in [5.41, 5.74) is 13.6. The van der Waals surface area contributed by atoms with Gasteiger partial charge in [-0.3, -0.25) is 23.7 Å². The molecule has 3 amide bonds. The number of unbranched alkanes of at least 4 members (excludes halogenated alkanes) is 5. The van der Waals surface area contributed by atoms with Gasteiger partial charge in [0, 0.05) is 40.7 Å². The fourth-order valence-electron chi connectivity index (χ4n) is 8.17. The number of nitrogens with two attached hydrogens (primary N) is 2. The van der Waals surface area contributed by atoms with Crippen molar-refractivity contribution in [2.75, 3.05) is 13.1 Å². The number of aromatic amines is 1. The maximum absolute atomic E-state index is 12.9. The molecule has 340 valence electrons. The highest BCUT2D eigenvalue weighted by Gasteiger charge is 2.55. The van der Waals surface area contributed by atoms with E-state index in [9.17, 15) is 22.8 Å². The van der Waals surface area contributed by atoms with Crippen LogP contribution in [0.25, 0.3) is 11.0 Å². The number of imidazole rings is 1. The van der Waals surface area contributed by atoms with Crippen LogP contribution < -0.4 is 27.2 Å². The summed E-state index contributed by atoms with van der Waals surface area (Å²) in [6.45, 7) is 20.2. The monoisotopic (exact) mass is 876 g/mol. The number of nitrogens with one attached hydrogen (secondary N) is 3. The van der Waals surface area contributed by atoms with Gasteiger partial charge in [-0.2, -0.15) is 0 Å². The van der Waals surface area contributed by atoms with E-state index in [2.05, 4.69) is 75.3 Å². The molecule has 1 aromatic heterocycles. The van der Waals surface area contributed by atoms with Crippen molar-refractivity contribution >= 4 is 51.0 Å². The Morgan fingerprint density at radius 1 is 1.03 bits per heavy atom. The summed E-state index contributed by atoms with van der Waals surface area (Å²) >= 11 is 1.88. The van der Waals surface area contributed by atoms with Crippen LogP contribution in [-0.2, 0) is 24.4 Å². The SMILES string of the molecule is CC(C)C.CC1CCCN1C(=O)CN.CCC1C[C@@H]1C(=O)NS(=O)(=O)C1(CCCCCCCCC2=C(C(C)C)NC(c3cccc4c3[nH]c(=O)n4C(C)C)S2)CC1.NC=O. The Morgan fingerprint density at radius 3 is 2.17 bits per heavy atom. The van der Waals surface area contributed by atoms with Crippen molar-refractivity contribution in [3.8, 4) is 0 Å². The lowest BCUT2D eigenvalue weighted by Gasteiger charge is -2.19. The molecule has 4 aliphatic rings. The summed E-state index contributed by atoms with van der Waals surface area (Å²) in [6.07, 6.45) is 13.8. The number of amides is 3. The fourth-order valence-corrected chi connectivity index (χ4v) is 11.3. The molecule has 2 aliphatic heterocycles. The van der Waals surface area contributed by atoms with Crippen LogP contribution in [0.4, 0.5) is 0 Å². The van der Waals surface area contributed by atoms with Crippen LogP contribution in [0.5, 0.6) is 0 Å². The van der Waals surface area contributed by atoms with E-state index in [-0.39, 0.29) is 47.8 Å². The number of para-hydroxylation sites is 1. The van der Waals surface area contributed by atoms with Crippen molar-refractivity contribution in [2.45, 2.75) is 174 Å². The highest BCUT2D eigenvalue weighted by atomic mass is 32.2. The molecule has 3 heterocycles. The lowest BCUT2D eigenvalue weighted by atomic mass is 10.0. The molecule has 13 nitrogen and oxygen atoms in total. The van der Waals surface area contributed by atoms with E-state index in [1.165, 1.54) is 10.6 Å². The maximum atomic E-state index is 12.9. The summed E-state index contributed by atoms with van der Waals surface area (Å²) < 4.78 is 29.4. The van der Waals surface area contributed by atoms with E-state index in [4.69, 9.17) is 10.5 Å². The van der Waals surface area contributed by atoms with Gasteiger partial charge in [-0.05, 0) is 96.0 Å². The average molecular weight is 876 g/mol. The largest absolute Gasteiger partial charge is 0.372 e. The van der Waals surface area contributed by atoms with Crippen molar-refractivity contribution in [3.05, 3.63) is 44.8 Å². The number of likely N-dealkylation sites (tertiary alicyclic amines) is 1. The van der Waals surface area contributed by atoms with Gasteiger partial charge in [0.15, 0.2) is 0 Å². The molecule has 2 aromatic rings. The molecule has 3 unspecified atom stereocenters. The number of aromatic nitrogens is 2. The number of allylic oxidation sites excluding steroid dienone is 2. The van der Waals surface area contributed by atoms with Gasteiger partial charge >= 0.3 is 5.69 Å². The Kier molecular flexibility index (Phi) is 20.2. The zero-order valence-electron chi connectivity index (χ0n) is 38.0. The average Bonchev–Trinajstić information content (AvgIpc) is 4.02. The molecule has 2 aliphatic carbocycles. The number of thioether (sulfide) groups is 1. The van der Waals surface area contributed by atoms with Crippen molar-refractivity contribution < 1.29 is 22.8 Å². The minimum absolute atomic E-state index is 0.0583. The highest BCUT2D eigenvalue weighted by Crippen LogP contribution is 2.49. The molecular formula is C45H77N7O6S2. The third kappa shape index (κ3) is 14.1. The van der Waals surface area contributed by atoms with E-state index in [0.29, 0.717) is 37.1 Å². The molecule has 15 heteroatoms. The summed E-state index contributed by atoms with van der Waals surface area (Å²) in [5, 5.41) is 3.86. The number of hydrogen-bond donors (Lipinski definition) is 5. The Balaban J connectivity index is 0.000000473. The first-order chi connectivity index (χ1) is 28.4. The number of sulfonamides is 1. The van der Waals surface area contributed by atoms with Crippen molar-refractivity contribution in [1.29, 1.82) is 0 Å². The van der Waals surface area contributed by atoms with Crippen LogP contribution in [0.1, 0.15) is 169 Å². The number of benzene rings is 1.